The highest BCUT2D eigenvalue weighted by atomic mass is 35.5. The highest BCUT2D eigenvalue weighted by Crippen LogP contribution is 2.15. The Morgan fingerprint density at radius 1 is 1.20 bits per heavy atom. The van der Waals surface area contributed by atoms with E-state index < -0.39 is 35.8 Å². The molecule has 0 fully saturated rings. The quantitative estimate of drug-likeness (QED) is 0.322. The minimum atomic E-state index is -1.82. The first-order valence-corrected chi connectivity index (χ1v) is 7.17. The Hall–Kier alpha value is -0.970. The van der Waals surface area contributed by atoms with E-state index in [1.165, 1.54) is 6.92 Å². The van der Waals surface area contributed by atoms with Gasteiger partial charge in [-0.15, -0.1) is 24.8 Å². The van der Waals surface area contributed by atoms with E-state index in [2.05, 4.69) is 0 Å². The van der Waals surface area contributed by atoms with Gasteiger partial charge in [0.15, 0.2) is 11.4 Å². The van der Waals surface area contributed by atoms with E-state index in [1.54, 1.807) is 21.1 Å². The minimum absolute atomic E-state index is 0. The van der Waals surface area contributed by atoms with E-state index in [4.69, 9.17) is 16.6 Å². The van der Waals surface area contributed by atoms with Gasteiger partial charge in [0.2, 0.25) is 0 Å². The predicted octanol–water partition coefficient (Wildman–Crippen LogP) is -1.87. The van der Waals surface area contributed by atoms with Crippen molar-refractivity contribution in [3.8, 4) is 0 Å². The van der Waals surface area contributed by atoms with Crippen molar-refractivity contribution in [2.45, 2.75) is 37.8 Å². The number of rotatable bonds is 9. The fourth-order valence-electron chi connectivity index (χ4n) is 1.78. The summed E-state index contributed by atoms with van der Waals surface area (Å²) in [5.41, 5.74) is 8.45. The van der Waals surface area contributed by atoms with Crippen LogP contribution in [-0.4, -0.2) is 78.3 Å². The molecule has 6 N–H and O–H groups in total. The van der Waals surface area contributed by atoms with Crippen molar-refractivity contribution in [2.75, 3.05) is 34.2 Å². The molecular formula is C14H31Cl2N3O6. The van der Waals surface area contributed by atoms with Crippen molar-refractivity contribution in [2.24, 2.45) is 11.5 Å². The molecule has 0 aromatic carbocycles. The van der Waals surface area contributed by atoms with Crippen LogP contribution in [0.25, 0.3) is 0 Å². The summed E-state index contributed by atoms with van der Waals surface area (Å²) in [6.07, 6.45) is 0.483. The molecule has 0 unspecified atom stereocenters. The summed E-state index contributed by atoms with van der Waals surface area (Å²) in [5, 5.41) is 28.4. The number of likely N-dealkylation sites (N-methyl/N-ethyl adjacent to an activating group) is 1. The molecule has 0 aliphatic heterocycles. The molecule has 11 heteroatoms. The zero-order valence-corrected chi connectivity index (χ0v) is 16.7. The van der Waals surface area contributed by atoms with Gasteiger partial charge in [-0.2, -0.15) is 0 Å². The van der Waals surface area contributed by atoms with E-state index in [-0.39, 0.29) is 31.4 Å². The second kappa shape index (κ2) is 14.2. The van der Waals surface area contributed by atoms with E-state index in [0.717, 1.165) is 0 Å². The van der Waals surface area contributed by atoms with Crippen LogP contribution in [0, 0.1) is 0 Å². The summed E-state index contributed by atoms with van der Waals surface area (Å²) in [7, 11) is 5.30. The molecule has 152 valence electrons. The molecule has 0 rings (SSSR count). The molecule has 0 saturated heterocycles. The van der Waals surface area contributed by atoms with Gasteiger partial charge in [0.1, 0.15) is 12.6 Å². The molecule has 0 heterocycles. The van der Waals surface area contributed by atoms with Crippen LogP contribution in [0.1, 0.15) is 26.2 Å². The van der Waals surface area contributed by atoms with E-state index >= 15 is 0 Å². The Balaban J connectivity index is -0.000000177. The average molecular weight is 408 g/mol. The number of quaternary nitrogens is 1. The molecule has 25 heavy (non-hydrogen) atoms. The number of ketones is 1. The number of carbonyl (C=O) groups excluding carboxylic acids is 2. The van der Waals surface area contributed by atoms with Crippen LogP contribution in [0.2, 0.25) is 0 Å². The smallest absolute Gasteiger partial charge is 0.320 e. The molecule has 0 bridgehead atoms. The summed E-state index contributed by atoms with van der Waals surface area (Å²) in [6.45, 7) is 1.73. The fraction of sp³-hybridized carbons (Fsp3) is 0.786. The van der Waals surface area contributed by atoms with Crippen LogP contribution < -0.4 is 16.6 Å². The Morgan fingerprint density at radius 3 is 1.88 bits per heavy atom. The van der Waals surface area contributed by atoms with Gasteiger partial charge in [-0.05, 0) is 26.3 Å². The molecule has 0 aliphatic rings. The third kappa shape index (κ3) is 17.6. The number of aliphatic hydroxyl groups is 1. The molecule has 0 spiro atoms. The zero-order chi connectivity index (χ0) is 18.8. The Bertz CT molecular complexity index is 418. The lowest BCUT2D eigenvalue weighted by Gasteiger charge is -2.34. The lowest BCUT2D eigenvalue weighted by molar-refractivity contribution is -0.875. The summed E-state index contributed by atoms with van der Waals surface area (Å²) in [5.74, 6) is -2.92. The second-order valence-corrected chi connectivity index (χ2v) is 6.46. The van der Waals surface area contributed by atoms with Gasteiger partial charge in [-0.3, -0.25) is 9.59 Å². The van der Waals surface area contributed by atoms with Crippen molar-refractivity contribution in [3.05, 3.63) is 0 Å². The van der Waals surface area contributed by atoms with Gasteiger partial charge in [-0.1, -0.05) is 0 Å². The van der Waals surface area contributed by atoms with Crippen LogP contribution in [0.3, 0.4) is 0 Å². The Morgan fingerprint density at radius 2 is 1.64 bits per heavy atom. The number of carboxylic acid groups (broad SMARTS) is 2. The standard InChI is InChI=1S/C9H17NO4.C5H12N2O2.2ClH/c1-7(11)9(14,5-8(12)13)6-10(2,3)4;6-3-1-2-4(7)5(8)9;;/h14H,5-6H2,1-4H3;4H,1-3,6-7H2,(H,8,9);2*1H/t9-;4-;;/m10../s1. The largest absolute Gasteiger partial charge is 0.550 e. The lowest BCUT2D eigenvalue weighted by Crippen LogP contribution is -2.55. The molecule has 0 aromatic rings. The molecule has 0 radical (unpaired) electrons. The molecule has 0 aromatic heterocycles. The molecule has 2 atom stereocenters. The fourth-order valence-corrected chi connectivity index (χ4v) is 1.78. The van der Waals surface area contributed by atoms with Crippen LogP contribution >= 0.6 is 24.8 Å². The summed E-state index contributed by atoms with van der Waals surface area (Å²) < 4.78 is 0.309. The average Bonchev–Trinajstić information content (AvgIpc) is 2.32. The Labute approximate surface area is 160 Å². The van der Waals surface area contributed by atoms with Gasteiger partial charge in [0.05, 0.1) is 21.1 Å². The zero-order valence-electron chi connectivity index (χ0n) is 15.1. The topological polar surface area (TPSA) is 167 Å². The van der Waals surface area contributed by atoms with Gasteiger partial charge in [0, 0.05) is 12.4 Å². The van der Waals surface area contributed by atoms with E-state index in [9.17, 15) is 24.6 Å². The third-order valence-corrected chi connectivity index (χ3v) is 2.86. The van der Waals surface area contributed by atoms with Crippen molar-refractivity contribution in [1.29, 1.82) is 0 Å². The number of carboxylic acids is 2. The van der Waals surface area contributed by atoms with Crippen molar-refractivity contribution >= 4 is 42.5 Å². The minimum Gasteiger partial charge on any atom is -0.550 e. The summed E-state index contributed by atoms with van der Waals surface area (Å²) in [4.78, 5) is 31.5. The molecule has 0 aliphatic carbocycles. The van der Waals surface area contributed by atoms with Crippen molar-refractivity contribution in [1.82, 2.24) is 0 Å². The maximum absolute atomic E-state index is 11.1. The number of nitrogens with two attached hydrogens (primary N) is 2. The van der Waals surface area contributed by atoms with Crippen molar-refractivity contribution < 1.29 is 34.2 Å². The van der Waals surface area contributed by atoms with Crippen LogP contribution in [0.4, 0.5) is 0 Å². The normalized spacial score (nSPS) is 13.7. The summed E-state index contributed by atoms with van der Waals surface area (Å²) >= 11 is 0. The highest BCUT2D eigenvalue weighted by Gasteiger charge is 2.38. The van der Waals surface area contributed by atoms with E-state index in [0.29, 0.717) is 23.9 Å². The number of Topliss-reactive ketones (excluding diaryl/α,β-unsaturated/α-hetero) is 1. The maximum Gasteiger partial charge on any atom is 0.320 e. The number of carbonyl (C=O) groups is 3. The van der Waals surface area contributed by atoms with E-state index in [1.807, 2.05) is 0 Å². The first kappa shape index (κ1) is 31.8. The Kier molecular flexibility index (Phi) is 18.1. The van der Waals surface area contributed by atoms with Gasteiger partial charge in [0.25, 0.3) is 0 Å². The number of hydrogen-bond donors (Lipinski definition) is 4. The number of halogens is 2. The maximum atomic E-state index is 11.1. The lowest BCUT2D eigenvalue weighted by atomic mass is 9.94. The number of aliphatic carboxylic acids is 2. The first-order chi connectivity index (χ1) is 10.2. The van der Waals surface area contributed by atoms with Gasteiger partial charge in [-0.25, -0.2) is 0 Å². The molecule has 0 amide bonds. The molecular weight excluding hydrogens is 377 g/mol. The predicted molar refractivity (Wildman–Crippen MR) is 96.5 cm³/mol. The summed E-state index contributed by atoms with van der Waals surface area (Å²) in [6, 6.07) is -0.742. The molecule has 0 saturated carbocycles. The number of nitrogens with zero attached hydrogens (tertiary/aromatic N) is 1. The van der Waals surface area contributed by atoms with Crippen molar-refractivity contribution in [3.63, 3.8) is 0 Å². The van der Waals surface area contributed by atoms with Gasteiger partial charge >= 0.3 is 5.97 Å². The second-order valence-electron chi connectivity index (χ2n) is 6.46. The SMILES string of the molecule is CC(=O)[C@@](O)(CC(=O)[O-])C[N+](C)(C)C.Cl.Cl.NCCC[C@H](N)C(=O)O. The molecule has 9 nitrogen and oxygen atoms in total. The highest BCUT2D eigenvalue weighted by molar-refractivity contribution is 5.88. The third-order valence-electron chi connectivity index (χ3n) is 2.86. The van der Waals surface area contributed by atoms with Crippen LogP contribution in [0.5, 0.6) is 0 Å². The number of hydrogen-bond acceptors (Lipinski definition) is 7. The van der Waals surface area contributed by atoms with Crippen LogP contribution in [-0.2, 0) is 14.4 Å². The monoisotopic (exact) mass is 407 g/mol. The first-order valence-electron chi connectivity index (χ1n) is 7.17. The van der Waals surface area contributed by atoms with Gasteiger partial charge < -0.3 is 36.1 Å². The van der Waals surface area contributed by atoms with Crippen LogP contribution in [0.15, 0.2) is 0 Å².